The molecule has 0 aromatic heterocycles. The minimum absolute atomic E-state index is 0.153. The Hall–Kier alpha value is -2.09. The molecule has 1 aromatic rings. The van der Waals surface area contributed by atoms with Crippen LogP contribution < -0.4 is 5.73 Å². The molecule has 5 nitrogen and oxygen atoms in total. The molecular formula is C16H18F3N3O2. The number of hydrogen-bond donors (Lipinski definition) is 1. The Morgan fingerprint density at radius 2 is 1.71 bits per heavy atom. The standard InChI is InChI=1S/C16H18F3N3O2/c17-11-6-13(19)12(18)5-10(11)15(24)22-4-2-16(9-22)1-3-21(8-16)7-14(20)23/h5-6H,1-4,7-9H2,(H2,20,23). The van der Waals surface area contributed by atoms with E-state index in [1.54, 1.807) is 0 Å². The molecule has 3 rings (SSSR count). The van der Waals surface area contributed by atoms with Gasteiger partial charge in [0.15, 0.2) is 11.6 Å². The van der Waals surface area contributed by atoms with Crippen LogP contribution in [0.4, 0.5) is 13.2 Å². The van der Waals surface area contributed by atoms with Crippen molar-refractivity contribution < 1.29 is 22.8 Å². The van der Waals surface area contributed by atoms with Crippen LogP contribution in [-0.4, -0.2) is 54.3 Å². The molecule has 2 aliphatic heterocycles. The Bertz CT molecular complexity index is 697. The number of likely N-dealkylation sites (tertiary alicyclic amines) is 2. The molecule has 1 spiro atoms. The second-order valence-corrected chi connectivity index (χ2v) is 6.65. The zero-order chi connectivity index (χ0) is 17.5. The Kier molecular flexibility index (Phi) is 4.25. The molecule has 2 heterocycles. The molecule has 0 radical (unpaired) electrons. The molecule has 1 aromatic carbocycles. The first kappa shape index (κ1) is 16.8. The second kappa shape index (κ2) is 6.08. The quantitative estimate of drug-likeness (QED) is 0.838. The first-order valence-electron chi connectivity index (χ1n) is 7.74. The minimum atomic E-state index is -1.32. The fraction of sp³-hybridized carbons (Fsp3) is 0.500. The van der Waals surface area contributed by atoms with Crippen molar-refractivity contribution in [3.05, 3.63) is 35.1 Å². The van der Waals surface area contributed by atoms with Gasteiger partial charge < -0.3 is 10.6 Å². The molecule has 24 heavy (non-hydrogen) atoms. The van der Waals surface area contributed by atoms with Crippen LogP contribution in [0.15, 0.2) is 12.1 Å². The number of rotatable bonds is 3. The number of nitrogens with two attached hydrogens (primary N) is 1. The highest BCUT2D eigenvalue weighted by molar-refractivity contribution is 5.94. The summed E-state index contributed by atoms with van der Waals surface area (Å²) in [6, 6.07) is 0.991. The normalized spacial score (nSPS) is 24.0. The Balaban J connectivity index is 1.71. The summed E-state index contributed by atoms with van der Waals surface area (Å²) in [5.74, 6) is -4.68. The molecule has 2 fully saturated rings. The van der Waals surface area contributed by atoms with E-state index in [0.29, 0.717) is 38.3 Å². The van der Waals surface area contributed by atoms with Crippen LogP contribution in [0.1, 0.15) is 23.2 Å². The molecule has 2 amide bonds. The second-order valence-electron chi connectivity index (χ2n) is 6.65. The molecule has 2 aliphatic rings. The number of amides is 2. The summed E-state index contributed by atoms with van der Waals surface area (Å²) in [6.07, 6.45) is 1.53. The van der Waals surface area contributed by atoms with Crippen molar-refractivity contribution in [3.63, 3.8) is 0 Å². The zero-order valence-corrected chi connectivity index (χ0v) is 13.0. The number of carbonyl (C=O) groups excluding carboxylic acids is 2. The fourth-order valence-electron chi connectivity index (χ4n) is 3.68. The van der Waals surface area contributed by atoms with Gasteiger partial charge >= 0.3 is 0 Å². The lowest BCUT2D eigenvalue weighted by Crippen LogP contribution is -2.36. The number of nitrogens with zero attached hydrogens (tertiary/aromatic N) is 2. The molecule has 0 saturated carbocycles. The van der Waals surface area contributed by atoms with Gasteiger partial charge in [0.05, 0.1) is 12.1 Å². The highest BCUT2D eigenvalue weighted by Gasteiger charge is 2.45. The lowest BCUT2D eigenvalue weighted by molar-refractivity contribution is -0.119. The average Bonchev–Trinajstić information content (AvgIpc) is 3.09. The molecular weight excluding hydrogens is 323 g/mol. The van der Waals surface area contributed by atoms with E-state index < -0.39 is 34.8 Å². The van der Waals surface area contributed by atoms with Crippen LogP contribution in [0.5, 0.6) is 0 Å². The van der Waals surface area contributed by atoms with Gasteiger partial charge in [-0.25, -0.2) is 13.2 Å². The average molecular weight is 341 g/mol. The maximum absolute atomic E-state index is 13.8. The van der Waals surface area contributed by atoms with E-state index in [2.05, 4.69) is 0 Å². The molecule has 2 N–H and O–H groups in total. The third kappa shape index (κ3) is 3.10. The van der Waals surface area contributed by atoms with E-state index in [0.717, 1.165) is 12.8 Å². The molecule has 130 valence electrons. The summed E-state index contributed by atoms with van der Waals surface area (Å²) in [5.41, 5.74) is 4.59. The summed E-state index contributed by atoms with van der Waals surface area (Å²) >= 11 is 0. The highest BCUT2D eigenvalue weighted by atomic mass is 19.2. The van der Waals surface area contributed by atoms with Gasteiger partial charge in [0.25, 0.3) is 5.91 Å². The van der Waals surface area contributed by atoms with E-state index in [1.807, 2.05) is 4.90 Å². The van der Waals surface area contributed by atoms with Crippen molar-refractivity contribution in [1.82, 2.24) is 9.80 Å². The van der Waals surface area contributed by atoms with Gasteiger partial charge in [-0.2, -0.15) is 0 Å². The lowest BCUT2D eigenvalue weighted by Gasteiger charge is -2.24. The van der Waals surface area contributed by atoms with Crippen molar-refractivity contribution >= 4 is 11.8 Å². The van der Waals surface area contributed by atoms with Crippen LogP contribution >= 0.6 is 0 Å². The molecule has 1 atom stereocenters. The third-order valence-corrected chi connectivity index (χ3v) is 4.86. The zero-order valence-electron chi connectivity index (χ0n) is 13.0. The Morgan fingerprint density at radius 1 is 1.04 bits per heavy atom. The predicted octanol–water partition coefficient (Wildman–Crippen LogP) is 1.13. The van der Waals surface area contributed by atoms with E-state index in [1.165, 1.54) is 4.90 Å². The van der Waals surface area contributed by atoms with E-state index >= 15 is 0 Å². The molecule has 0 aliphatic carbocycles. The van der Waals surface area contributed by atoms with Gasteiger partial charge in [-0.1, -0.05) is 0 Å². The summed E-state index contributed by atoms with van der Waals surface area (Å²) in [7, 11) is 0. The van der Waals surface area contributed by atoms with Crippen molar-refractivity contribution in [2.24, 2.45) is 11.1 Å². The minimum Gasteiger partial charge on any atom is -0.369 e. The van der Waals surface area contributed by atoms with Gasteiger partial charge in [0.2, 0.25) is 5.91 Å². The number of benzene rings is 1. The highest BCUT2D eigenvalue weighted by Crippen LogP contribution is 2.39. The molecule has 1 unspecified atom stereocenters. The van der Waals surface area contributed by atoms with E-state index in [9.17, 15) is 22.8 Å². The summed E-state index contributed by atoms with van der Waals surface area (Å²) in [6.45, 7) is 2.35. The van der Waals surface area contributed by atoms with Crippen LogP contribution in [-0.2, 0) is 4.79 Å². The van der Waals surface area contributed by atoms with Crippen LogP contribution in [0.2, 0.25) is 0 Å². The monoisotopic (exact) mass is 341 g/mol. The number of halogens is 3. The summed E-state index contributed by atoms with van der Waals surface area (Å²) < 4.78 is 40.1. The lowest BCUT2D eigenvalue weighted by atomic mass is 9.86. The van der Waals surface area contributed by atoms with Gasteiger partial charge in [0.1, 0.15) is 5.82 Å². The van der Waals surface area contributed by atoms with Gasteiger partial charge in [-0.05, 0) is 25.5 Å². The van der Waals surface area contributed by atoms with Crippen molar-refractivity contribution in [2.75, 3.05) is 32.7 Å². The number of carbonyl (C=O) groups is 2. The predicted molar refractivity (Wildman–Crippen MR) is 79.5 cm³/mol. The molecule has 8 heteroatoms. The van der Waals surface area contributed by atoms with Crippen LogP contribution in [0.25, 0.3) is 0 Å². The Morgan fingerprint density at radius 3 is 2.42 bits per heavy atom. The van der Waals surface area contributed by atoms with Crippen molar-refractivity contribution in [2.45, 2.75) is 12.8 Å². The summed E-state index contributed by atoms with van der Waals surface area (Å²) in [4.78, 5) is 26.9. The third-order valence-electron chi connectivity index (χ3n) is 4.86. The van der Waals surface area contributed by atoms with E-state index in [4.69, 9.17) is 5.73 Å². The fourth-order valence-corrected chi connectivity index (χ4v) is 3.68. The molecule has 0 bridgehead atoms. The molecule has 2 saturated heterocycles. The van der Waals surface area contributed by atoms with Crippen molar-refractivity contribution in [3.8, 4) is 0 Å². The smallest absolute Gasteiger partial charge is 0.256 e. The van der Waals surface area contributed by atoms with E-state index in [-0.39, 0.29) is 12.0 Å². The Labute approximate surface area is 137 Å². The van der Waals surface area contributed by atoms with Crippen LogP contribution in [0.3, 0.4) is 0 Å². The SMILES string of the molecule is NC(=O)CN1CCC2(CCN(C(=O)c3cc(F)c(F)cc3F)C2)C1. The maximum atomic E-state index is 13.8. The van der Waals surface area contributed by atoms with Gasteiger partial charge in [0, 0.05) is 31.1 Å². The largest absolute Gasteiger partial charge is 0.369 e. The van der Waals surface area contributed by atoms with Gasteiger partial charge in [-0.15, -0.1) is 0 Å². The number of hydrogen-bond acceptors (Lipinski definition) is 3. The first-order chi connectivity index (χ1) is 11.3. The topological polar surface area (TPSA) is 66.6 Å². The maximum Gasteiger partial charge on any atom is 0.256 e. The first-order valence-corrected chi connectivity index (χ1v) is 7.74. The summed E-state index contributed by atoms with van der Waals surface area (Å²) in [5, 5.41) is 0. The van der Waals surface area contributed by atoms with Crippen molar-refractivity contribution in [1.29, 1.82) is 0 Å². The van der Waals surface area contributed by atoms with Gasteiger partial charge in [-0.3, -0.25) is 14.5 Å². The number of primary amides is 1. The van der Waals surface area contributed by atoms with Crippen LogP contribution in [0, 0.1) is 22.9 Å².